The van der Waals surface area contributed by atoms with Gasteiger partial charge in [-0.05, 0) is 64.5 Å². The molecule has 2 fully saturated rings. The topological polar surface area (TPSA) is 79.5 Å². The second-order valence-electron chi connectivity index (χ2n) is 10.6. The van der Waals surface area contributed by atoms with Crippen molar-refractivity contribution in [3.05, 3.63) is 36.3 Å². The summed E-state index contributed by atoms with van der Waals surface area (Å²) in [6.07, 6.45) is 3.77. The summed E-state index contributed by atoms with van der Waals surface area (Å²) in [5.74, 6) is 1.24. The molecule has 1 amide bonds. The van der Waals surface area contributed by atoms with Crippen LogP contribution in [0.3, 0.4) is 0 Å². The number of rotatable bonds is 6. The van der Waals surface area contributed by atoms with Gasteiger partial charge in [0.2, 0.25) is 5.91 Å². The van der Waals surface area contributed by atoms with Crippen LogP contribution in [-0.2, 0) is 14.1 Å². The molecule has 0 unspecified atom stereocenters. The Morgan fingerprint density at radius 3 is 2.39 bits per heavy atom. The highest BCUT2D eigenvalue weighted by atomic mass is 16.7. The lowest BCUT2D eigenvalue weighted by molar-refractivity contribution is -0.135. The first-order valence-corrected chi connectivity index (χ1v) is 12.0. The average Bonchev–Trinajstić information content (AvgIpc) is 3.46. The van der Waals surface area contributed by atoms with Gasteiger partial charge < -0.3 is 24.5 Å². The van der Waals surface area contributed by atoms with Crippen LogP contribution in [0, 0.1) is 5.92 Å². The highest BCUT2D eigenvalue weighted by Gasteiger charge is 2.51. The molecule has 1 aromatic carbocycles. The molecule has 0 aliphatic carbocycles. The smallest absolute Gasteiger partial charge is 0.399 e. The third kappa shape index (κ3) is 4.48. The Morgan fingerprint density at radius 2 is 1.82 bits per heavy atom. The van der Waals surface area contributed by atoms with E-state index in [9.17, 15) is 4.79 Å². The van der Waals surface area contributed by atoms with Gasteiger partial charge >= 0.3 is 7.12 Å². The number of nitrogens with zero attached hydrogens (tertiary/aromatic N) is 2. The zero-order chi connectivity index (χ0) is 24.0. The van der Waals surface area contributed by atoms with Gasteiger partial charge in [-0.15, -0.1) is 0 Å². The van der Waals surface area contributed by atoms with Gasteiger partial charge in [0.15, 0.2) is 0 Å². The monoisotopic (exact) mass is 452 g/mol. The number of nitrogens with one attached hydrogen (secondary N) is 2. The first-order valence-electron chi connectivity index (χ1n) is 12.0. The van der Waals surface area contributed by atoms with E-state index in [1.54, 1.807) is 0 Å². The first kappa shape index (κ1) is 24.0. The maximum atomic E-state index is 13.1. The number of H-pyrrole nitrogens is 1. The Bertz CT molecular complexity index is 970. The molecule has 2 saturated heterocycles. The summed E-state index contributed by atoms with van der Waals surface area (Å²) in [7, 11) is 1.48. The molecular weight excluding hydrogens is 415 g/mol. The van der Waals surface area contributed by atoms with Crippen LogP contribution in [0.15, 0.2) is 30.5 Å². The van der Waals surface area contributed by atoms with E-state index >= 15 is 0 Å². The molecule has 7 nitrogen and oxygen atoms in total. The normalized spacial score (nSPS) is 22.8. The van der Waals surface area contributed by atoms with Gasteiger partial charge in [-0.25, -0.2) is 4.98 Å². The number of likely N-dealkylation sites (N-methyl/N-ethyl adjacent to an activating group) is 1. The van der Waals surface area contributed by atoms with Crippen molar-refractivity contribution >= 4 is 18.5 Å². The van der Waals surface area contributed by atoms with Crippen molar-refractivity contribution in [2.45, 2.75) is 77.7 Å². The lowest BCUT2D eigenvalue weighted by atomic mass is 9.79. The quantitative estimate of drug-likeness (QED) is 0.658. The van der Waals surface area contributed by atoms with E-state index in [0.29, 0.717) is 0 Å². The minimum absolute atomic E-state index is 0.00938. The van der Waals surface area contributed by atoms with Crippen LogP contribution in [0.1, 0.15) is 66.3 Å². The second kappa shape index (κ2) is 8.89. The summed E-state index contributed by atoms with van der Waals surface area (Å²) >= 11 is 0. The zero-order valence-electron chi connectivity index (χ0n) is 20.9. The third-order valence-corrected chi connectivity index (χ3v) is 7.44. The number of hydrogen-bond acceptors (Lipinski definition) is 5. The fourth-order valence-corrected chi connectivity index (χ4v) is 4.69. The van der Waals surface area contributed by atoms with Crippen molar-refractivity contribution in [2.24, 2.45) is 5.92 Å². The highest BCUT2D eigenvalue weighted by molar-refractivity contribution is 6.62. The highest BCUT2D eigenvalue weighted by Crippen LogP contribution is 2.37. The van der Waals surface area contributed by atoms with Crippen molar-refractivity contribution in [2.75, 3.05) is 13.6 Å². The van der Waals surface area contributed by atoms with Crippen LogP contribution in [0.4, 0.5) is 0 Å². The number of aromatic nitrogens is 2. The van der Waals surface area contributed by atoms with E-state index in [1.807, 2.05) is 30.3 Å². The van der Waals surface area contributed by atoms with Crippen molar-refractivity contribution in [3.63, 3.8) is 0 Å². The average molecular weight is 452 g/mol. The number of carbonyl (C=O) groups is 1. The first-order chi connectivity index (χ1) is 15.5. The molecule has 8 heteroatoms. The number of aromatic amines is 1. The summed E-state index contributed by atoms with van der Waals surface area (Å²) in [5.41, 5.74) is 2.26. The molecule has 2 atom stereocenters. The van der Waals surface area contributed by atoms with Crippen molar-refractivity contribution in [3.8, 4) is 11.3 Å². The lowest BCUT2D eigenvalue weighted by Crippen LogP contribution is -2.47. The van der Waals surface area contributed by atoms with Crippen LogP contribution in [0.2, 0.25) is 0 Å². The number of likely N-dealkylation sites (tertiary alicyclic amines) is 1. The minimum atomic E-state index is -0.375. The van der Waals surface area contributed by atoms with Crippen LogP contribution >= 0.6 is 0 Å². The number of carbonyl (C=O) groups excluding carboxylic acids is 1. The van der Waals surface area contributed by atoms with Crippen LogP contribution in [0.5, 0.6) is 0 Å². The molecular formula is C25H37BN4O3. The van der Waals surface area contributed by atoms with E-state index < -0.39 is 0 Å². The van der Waals surface area contributed by atoms with E-state index in [-0.39, 0.29) is 42.2 Å². The molecule has 33 heavy (non-hydrogen) atoms. The maximum absolute atomic E-state index is 13.1. The maximum Gasteiger partial charge on any atom is 0.494 e. The molecule has 0 bridgehead atoms. The molecule has 0 saturated carbocycles. The summed E-state index contributed by atoms with van der Waals surface area (Å²) < 4.78 is 12.3. The van der Waals surface area contributed by atoms with Gasteiger partial charge in [0.25, 0.3) is 0 Å². The van der Waals surface area contributed by atoms with Crippen molar-refractivity contribution < 1.29 is 14.1 Å². The summed E-state index contributed by atoms with van der Waals surface area (Å²) in [5, 5.41) is 3.18. The summed E-state index contributed by atoms with van der Waals surface area (Å²) in [4.78, 5) is 23.2. The number of amides is 1. The zero-order valence-corrected chi connectivity index (χ0v) is 20.9. The van der Waals surface area contributed by atoms with Gasteiger partial charge in [0, 0.05) is 6.54 Å². The van der Waals surface area contributed by atoms with Gasteiger partial charge in [-0.1, -0.05) is 38.1 Å². The molecule has 1 aromatic heterocycles. The fraction of sp³-hybridized carbons (Fsp3) is 0.600. The predicted octanol–water partition coefficient (Wildman–Crippen LogP) is 3.28. The van der Waals surface area contributed by atoms with Gasteiger partial charge in [-0.3, -0.25) is 4.79 Å². The van der Waals surface area contributed by atoms with Gasteiger partial charge in [-0.2, -0.15) is 0 Å². The van der Waals surface area contributed by atoms with Crippen LogP contribution in [-0.4, -0.2) is 58.7 Å². The van der Waals surface area contributed by atoms with E-state index in [1.165, 1.54) is 0 Å². The Morgan fingerprint density at radius 1 is 1.18 bits per heavy atom. The minimum Gasteiger partial charge on any atom is -0.399 e. The Labute approximate surface area is 197 Å². The molecule has 2 N–H and O–H groups in total. The van der Waals surface area contributed by atoms with Gasteiger partial charge in [0.05, 0.1) is 35.2 Å². The molecule has 4 rings (SSSR count). The van der Waals surface area contributed by atoms with Gasteiger partial charge in [0.1, 0.15) is 5.82 Å². The summed E-state index contributed by atoms with van der Waals surface area (Å²) in [6.45, 7) is 13.2. The second-order valence-corrected chi connectivity index (χ2v) is 10.6. The number of hydrogen-bond donors (Lipinski definition) is 2. The molecule has 3 heterocycles. The van der Waals surface area contributed by atoms with E-state index in [2.05, 4.69) is 69.0 Å². The molecule has 178 valence electrons. The Hall–Kier alpha value is -2.16. The molecule has 0 spiro atoms. The Balaban J connectivity index is 1.49. The number of imidazole rings is 1. The molecule has 2 aromatic rings. The number of benzene rings is 1. The van der Waals surface area contributed by atoms with E-state index in [0.717, 1.165) is 41.9 Å². The van der Waals surface area contributed by atoms with E-state index in [4.69, 9.17) is 9.31 Å². The van der Waals surface area contributed by atoms with Crippen LogP contribution in [0.25, 0.3) is 11.3 Å². The molecule has 2 aliphatic heterocycles. The Kier molecular flexibility index (Phi) is 6.46. The third-order valence-electron chi connectivity index (χ3n) is 7.44. The standard InChI is InChI=1S/C25H37BN4O3/c1-16(2)21(27-7)23(31)30-14-8-9-20(30)22-28-15-19(29-22)17-10-12-18(13-11-17)26-32-24(3,4)25(5,6)33-26/h10-13,15-16,20-21,27H,8-9,14H2,1-7H3,(H,28,29)/t20-,21-/m0/s1. The largest absolute Gasteiger partial charge is 0.494 e. The summed E-state index contributed by atoms with van der Waals surface area (Å²) in [6, 6.07) is 8.02. The predicted molar refractivity (Wildman–Crippen MR) is 131 cm³/mol. The molecule has 0 radical (unpaired) electrons. The lowest BCUT2D eigenvalue weighted by Gasteiger charge is -2.32. The van der Waals surface area contributed by atoms with Crippen LogP contribution < -0.4 is 10.8 Å². The van der Waals surface area contributed by atoms with Crippen molar-refractivity contribution in [1.29, 1.82) is 0 Å². The fourth-order valence-electron chi connectivity index (χ4n) is 4.69. The van der Waals surface area contributed by atoms with Crippen molar-refractivity contribution in [1.82, 2.24) is 20.2 Å². The SMILES string of the molecule is CN[C@H](C(=O)N1CCC[C@H]1c1ncc(-c2ccc(B3OC(C)(C)C(C)(C)O3)cc2)[nH]1)C(C)C. The molecule has 2 aliphatic rings.